The predicted octanol–water partition coefficient (Wildman–Crippen LogP) is 5.08. The van der Waals surface area contributed by atoms with Crippen LogP contribution in [0, 0.1) is 0 Å². The lowest BCUT2D eigenvalue weighted by Crippen LogP contribution is -2.42. The summed E-state index contributed by atoms with van der Waals surface area (Å²) in [5.74, 6) is 1.60. The number of rotatable bonds is 7. The lowest BCUT2D eigenvalue weighted by molar-refractivity contribution is 0.219. The maximum Gasteiger partial charge on any atom is 0.324 e. The minimum absolute atomic E-state index is 0.196. The summed E-state index contributed by atoms with van der Waals surface area (Å²) in [5.41, 5.74) is 2.07. The number of carbonyl (C=O) groups is 1. The summed E-state index contributed by atoms with van der Waals surface area (Å²) in [6.07, 6.45) is 0. The van der Waals surface area contributed by atoms with Crippen LogP contribution in [-0.4, -0.2) is 66.9 Å². The van der Waals surface area contributed by atoms with Gasteiger partial charge in [0, 0.05) is 42.6 Å². The van der Waals surface area contributed by atoms with Crippen molar-refractivity contribution < 1.29 is 17.9 Å². The molecule has 0 radical (unpaired) electrons. The molecule has 3 aromatic carbocycles. The lowest BCUT2D eigenvalue weighted by Gasteiger charge is -2.26. The predicted molar refractivity (Wildman–Crippen MR) is 159 cm³/mol. The number of amides is 2. The molecule has 0 spiro atoms. The van der Waals surface area contributed by atoms with Crippen LogP contribution in [0.1, 0.15) is 26.5 Å². The molecular weight excluding hydrogens is 526 g/mol. The third-order valence-electron chi connectivity index (χ3n) is 6.93. The SMILES string of the molecule is CC(C)(C)c1cc(NC(=O)Nc2cccc3ccccc23)n(-c2cccc(OCCN3CCS(=O)(=O)CC3)c2)n1. The van der Waals surface area contributed by atoms with Crippen molar-refractivity contribution in [2.75, 3.05) is 48.4 Å². The van der Waals surface area contributed by atoms with Crippen LogP contribution in [0.15, 0.2) is 72.8 Å². The van der Waals surface area contributed by atoms with Gasteiger partial charge in [0.15, 0.2) is 9.84 Å². The van der Waals surface area contributed by atoms with Crippen LogP contribution in [0.2, 0.25) is 0 Å². The number of anilines is 2. The largest absolute Gasteiger partial charge is 0.492 e. The van der Waals surface area contributed by atoms with Crippen molar-refractivity contribution in [1.82, 2.24) is 14.7 Å². The highest BCUT2D eigenvalue weighted by atomic mass is 32.2. The Morgan fingerprint density at radius 3 is 2.45 bits per heavy atom. The molecule has 0 aliphatic carbocycles. The highest BCUT2D eigenvalue weighted by Gasteiger charge is 2.23. The van der Waals surface area contributed by atoms with Gasteiger partial charge in [-0.3, -0.25) is 10.2 Å². The summed E-state index contributed by atoms with van der Waals surface area (Å²) in [4.78, 5) is 15.2. The number of fused-ring (bicyclic) bond motifs is 1. The Morgan fingerprint density at radius 2 is 1.68 bits per heavy atom. The number of hydrogen-bond donors (Lipinski definition) is 2. The number of ether oxygens (including phenoxy) is 1. The fourth-order valence-electron chi connectivity index (χ4n) is 4.61. The first-order valence-corrected chi connectivity index (χ1v) is 15.2. The lowest BCUT2D eigenvalue weighted by atomic mass is 9.92. The fraction of sp³-hybridized carbons (Fsp3) is 0.333. The van der Waals surface area contributed by atoms with E-state index in [4.69, 9.17) is 9.84 Å². The van der Waals surface area contributed by atoms with Crippen LogP contribution in [-0.2, 0) is 15.3 Å². The maximum atomic E-state index is 13.1. The van der Waals surface area contributed by atoms with Gasteiger partial charge in [-0.2, -0.15) is 5.10 Å². The molecule has 1 fully saturated rings. The van der Waals surface area contributed by atoms with Gasteiger partial charge in [-0.25, -0.2) is 17.9 Å². The molecule has 10 heteroatoms. The molecule has 0 bridgehead atoms. The van der Waals surface area contributed by atoms with E-state index in [1.54, 1.807) is 4.68 Å². The topological polar surface area (TPSA) is 106 Å². The Morgan fingerprint density at radius 1 is 0.950 bits per heavy atom. The normalized spacial score (nSPS) is 15.6. The molecule has 40 heavy (non-hydrogen) atoms. The zero-order valence-electron chi connectivity index (χ0n) is 23.1. The molecule has 4 aromatic rings. The smallest absolute Gasteiger partial charge is 0.324 e. The number of nitrogens with zero attached hydrogens (tertiary/aromatic N) is 3. The van der Waals surface area contributed by atoms with Gasteiger partial charge in [0.2, 0.25) is 0 Å². The number of sulfone groups is 1. The summed E-state index contributed by atoms with van der Waals surface area (Å²) in [5, 5.41) is 12.8. The summed E-state index contributed by atoms with van der Waals surface area (Å²) < 4.78 is 31.1. The molecule has 2 amide bonds. The molecular formula is C30H35N5O4S. The third-order valence-corrected chi connectivity index (χ3v) is 8.54. The Kier molecular flexibility index (Phi) is 7.82. The van der Waals surface area contributed by atoms with E-state index < -0.39 is 9.84 Å². The summed E-state index contributed by atoms with van der Waals surface area (Å²) in [6.45, 7) is 8.38. The number of nitrogens with one attached hydrogen (secondary N) is 2. The van der Waals surface area contributed by atoms with Crippen molar-refractivity contribution in [3.63, 3.8) is 0 Å². The second-order valence-electron chi connectivity index (χ2n) is 11.0. The molecule has 1 aliphatic rings. The molecule has 0 saturated carbocycles. The van der Waals surface area contributed by atoms with Gasteiger partial charge < -0.3 is 10.1 Å². The molecule has 2 N–H and O–H groups in total. The Balaban J connectivity index is 1.32. The van der Waals surface area contributed by atoms with Crippen LogP contribution < -0.4 is 15.4 Å². The molecule has 9 nitrogen and oxygen atoms in total. The Labute approximate surface area is 235 Å². The minimum atomic E-state index is -2.90. The van der Waals surface area contributed by atoms with Gasteiger partial charge in [0.25, 0.3) is 0 Å². The first kappa shape index (κ1) is 27.7. The molecule has 1 aliphatic heterocycles. The molecule has 1 saturated heterocycles. The first-order chi connectivity index (χ1) is 19.1. The van der Waals surface area contributed by atoms with E-state index in [9.17, 15) is 13.2 Å². The van der Waals surface area contributed by atoms with E-state index in [-0.39, 0.29) is 23.0 Å². The average Bonchev–Trinajstić information content (AvgIpc) is 3.34. The van der Waals surface area contributed by atoms with E-state index in [0.29, 0.717) is 37.8 Å². The van der Waals surface area contributed by atoms with E-state index in [0.717, 1.165) is 27.8 Å². The fourth-order valence-corrected chi connectivity index (χ4v) is 5.89. The summed E-state index contributed by atoms with van der Waals surface area (Å²) in [6, 6.07) is 22.8. The van der Waals surface area contributed by atoms with Gasteiger partial charge in [-0.1, -0.05) is 63.2 Å². The Hall–Kier alpha value is -3.89. The highest BCUT2D eigenvalue weighted by Crippen LogP contribution is 2.28. The van der Waals surface area contributed by atoms with Crippen molar-refractivity contribution in [3.05, 3.63) is 78.5 Å². The van der Waals surface area contributed by atoms with E-state index in [1.165, 1.54) is 0 Å². The van der Waals surface area contributed by atoms with Gasteiger partial charge in [0.1, 0.15) is 18.2 Å². The van der Waals surface area contributed by atoms with Gasteiger partial charge in [0.05, 0.1) is 28.6 Å². The van der Waals surface area contributed by atoms with Crippen molar-refractivity contribution in [2.45, 2.75) is 26.2 Å². The number of benzene rings is 3. The van der Waals surface area contributed by atoms with Gasteiger partial charge >= 0.3 is 6.03 Å². The second kappa shape index (κ2) is 11.3. The van der Waals surface area contributed by atoms with E-state index >= 15 is 0 Å². The first-order valence-electron chi connectivity index (χ1n) is 13.4. The number of carbonyl (C=O) groups excluding carboxylic acids is 1. The van der Waals surface area contributed by atoms with Gasteiger partial charge in [-0.15, -0.1) is 0 Å². The summed E-state index contributed by atoms with van der Waals surface area (Å²) in [7, 11) is -2.90. The third kappa shape index (κ3) is 6.63. The van der Waals surface area contributed by atoms with Crippen molar-refractivity contribution >= 4 is 38.1 Å². The van der Waals surface area contributed by atoms with Crippen LogP contribution in [0.25, 0.3) is 16.5 Å². The molecule has 0 atom stereocenters. The monoisotopic (exact) mass is 561 g/mol. The quantitative estimate of drug-likeness (QED) is 0.326. The van der Waals surface area contributed by atoms with Crippen LogP contribution >= 0.6 is 0 Å². The molecule has 5 rings (SSSR count). The number of hydrogen-bond acceptors (Lipinski definition) is 6. The molecule has 210 valence electrons. The van der Waals surface area contributed by atoms with Crippen LogP contribution in [0.5, 0.6) is 5.75 Å². The van der Waals surface area contributed by atoms with Crippen LogP contribution in [0.3, 0.4) is 0 Å². The van der Waals surface area contributed by atoms with E-state index in [1.807, 2.05) is 72.8 Å². The average molecular weight is 562 g/mol. The van der Waals surface area contributed by atoms with E-state index in [2.05, 4.69) is 36.3 Å². The zero-order chi connectivity index (χ0) is 28.3. The number of aromatic nitrogens is 2. The zero-order valence-corrected chi connectivity index (χ0v) is 23.9. The second-order valence-corrected chi connectivity index (χ2v) is 13.3. The van der Waals surface area contributed by atoms with Crippen molar-refractivity contribution in [2.24, 2.45) is 0 Å². The van der Waals surface area contributed by atoms with Crippen LogP contribution in [0.4, 0.5) is 16.3 Å². The molecule has 1 aromatic heterocycles. The molecule has 0 unspecified atom stereocenters. The Bertz CT molecular complexity index is 1610. The summed E-state index contributed by atoms with van der Waals surface area (Å²) >= 11 is 0. The highest BCUT2D eigenvalue weighted by molar-refractivity contribution is 7.91. The van der Waals surface area contributed by atoms with Gasteiger partial charge in [-0.05, 0) is 23.6 Å². The van der Waals surface area contributed by atoms with Crippen molar-refractivity contribution in [1.29, 1.82) is 0 Å². The van der Waals surface area contributed by atoms with Crippen molar-refractivity contribution in [3.8, 4) is 11.4 Å². The molecule has 2 heterocycles. The maximum absolute atomic E-state index is 13.1. The minimum Gasteiger partial charge on any atom is -0.492 e. The standard InChI is InChI=1S/C30H35N5O4S/c1-30(2,3)27-21-28(32-29(36)31-26-13-6-9-22-8-4-5-12-25(22)26)35(33-27)23-10-7-11-24(20-23)39-17-14-34-15-18-40(37,38)19-16-34/h4-13,20-21H,14-19H2,1-3H3,(H2,31,32,36). The number of urea groups is 1.